The second-order valence-corrected chi connectivity index (χ2v) is 5.74. The van der Waals surface area contributed by atoms with Gasteiger partial charge in [0.25, 0.3) is 0 Å². The molecule has 0 saturated carbocycles. The second kappa shape index (κ2) is 9.23. The lowest BCUT2D eigenvalue weighted by molar-refractivity contribution is 0.0190. The van der Waals surface area contributed by atoms with Crippen LogP contribution in [0, 0.1) is 5.92 Å². The minimum atomic E-state index is 0.303. The molecule has 2 rings (SSSR count). The van der Waals surface area contributed by atoms with Gasteiger partial charge in [0.2, 0.25) is 0 Å². The molecule has 0 aromatic rings. The first kappa shape index (κ1) is 16.5. The largest absolute Gasteiger partial charge is 0.384 e. The highest BCUT2D eigenvalue weighted by molar-refractivity contribution is 5.80. The van der Waals surface area contributed by atoms with E-state index in [-0.39, 0.29) is 0 Å². The topological polar surface area (TPSA) is 55.3 Å². The summed E-state index contributed by atoms with van der Waals surface area (Å²) < 4.78 is 16.4. The molecule has 2 fully saturated rings. The van der Waals surface area contributed by atoms with Crippen LogP contribution in [0.2, 0.25) is 0 Å². The van der Waals surface area contributed by atoms with Crippen molar-refractivity contribution in [2.45, 2.75) is 25.4 Å². The van der Waals surface area contributed by atoms with Gasteiger partial charge in [0.1, 0.15) is 0 Å². The second-order valence-electron chi connectivity index (χ2n) is 5.74. The van der Waals surface area contributed by atoms with Crippen molar-refractivity contribution >= 4 is 5.96 Å². The summed E-state index contributed by atoms with van der Waals surface area (Å²) in [5.41, 5.74) is 0. The highest BCUT2D eigenvalue weighted by Crippen LogP contribution is 2.16. The van der Waals surface area contributed by atoms with E-state index in [1.165, 1.54) is 6.42 Å². The van der Waals surface area contributed by atoms with E-state index in [1.807, 2.05) is 7.05 Å². The molecule has 21 heavy (non-hydrogen) atoms. The fourth-order valence-electron chi connectivity index (χ4n) is 2.95. The minimum absolute atomic E-state index is 0.303. The number of methoxy groups -OCH3 is 1. The van der Waals surface area contributed by atoms with Crippen LogP contribution in [0.1, 0.15) is 19.3 Å². The summed E-state index contributed by atoms with van der Waals surface area (Å²) in [6.45, 7) is 5.96. The SMILES string of the molecule is CN=C(NCCOCC1CCCO1)N1CCC(COC)C1. The number of hydrogen-bond acceptors (Lipinski definition) is 4. The molecular weight excluding hydrogens is 270 g/mol. The number of ether oxygens (including phenoxy) is 3. The number of nitrogens with one attached hydrogen (secondary N) is 1. The maximum Gasteiger partial charge on any atom is 0.193 e. The summed E-state index contributed by atoms with van der Waals surface area (Å²) in [4.78, 5) is 6.65. The van der Waals surface area contributed by atoms with Gasteiger partial charge in [-0.2, -0.15) is 0 Å². The fraction of sp³-hybridized carbons (Fsp3) is 0.933. The lowest BCUT2D eigenvalue weighted by Crippen LogP contribution is -2.41. The van der Waals surface area contributed by atoms with Crippen molar-refractivity contribution in [2.75, 3.05) is 60.2 Å². The van der Waals surface area contributed by atoms with Gasteiger partial charge in [-0.05, 0) is 19.3 Å². The molecule has 0 spiro atoms. The molecular formula is C15H29N3O3. The van der Waals surface area contributed by atoms with Gasteiger partial charge in [0.15, 0.2) is 5.96 Å². The highest BCUT2D eigenvalue weighted by Gasteiger charge is 2.24. The van der Waals surface area contributed by atoms with Crippen LogP contribution in [-0.4, -0.2) is 77.2 Å². The van der Waals surface area contributed by atoms with Crippen molar-refractivity contribution in [1.29, 1.82) is 0 Å². The van der Waals surface area contributed by atoms with Gasteiger partial charge in [-0.15, -0.1) is 0 Å². The Kier molecular flexibility index (Phi) is 7.26. The van der Waals surface area contributed by atoms with Crippen LogP contribution in [0.4, 0.5) is 0 Å². The molecule has 2 aliphatic rings. The van der Waals surface area contributed by atoms with Crippen LogP contribution in [-0.2, 0) is 14.2 Å². The Bertz CT molecular complexity index is 319. The molecule has 6 nitrogen and oxygen atoms in total. The van der Waals surface area contributed by atoms with Crippen molar-refractivity contribution in [1.82, 2.24) is 10.2 Å². The molecule has 6 heteroatoms. The van der Waals surface area contributed by atoms with Crippen molar-refractivity contribution < 1.29 is 14.2 Å². The molecule has 2 atom stereocenters. The summed E-state index contributed by atoms with van der Waals surface area (Å²) >= 11 is 0. The maximum atomic E-state index is 5.65. The van der Waals surface area contributed by atoms with E-state index in [9.17, 15) is 0 Å². The number of nitrogens with zero attached hydrogens (tertiary/aromatic N) is 2. The van der Waals surface area contributed by atoms with E-state index in [0.29, 0.717) is 25.2 Å². The number of guanidine groups is 1. The van der Waals surface area contributed by atoms with E-state index in [0.717, 1.165) is 51.6 Å². The predicted molar refractivity (Wildman–Crippen MR) is 82.7 cm³/mol. The number of hydrogen-bond donors (Lipinski definition) is 1. The van der Waals surface area contributed by atoms with E-state index in [1.54, 1.807) is 7.11 Å². The van der Waals surface area contributed by atoms with Gasteiger partial charge >= 0.3 is 0 Å². The van der Waals surface area contributed by atoms with E-state index < -0.39 is 0 Å². The third-order valence-corrected chi connectivity index (χ3v) is 4.06. The normalized spacial score (nSPS) is 26.6. The van der Waals surface area contributed by atoms with Gasteiger partial charge in [0, 0.05) is 46.3 Å². The zero-order valence-corrected chi connectivity index (χ0v) is 13.3. The smallest absolute Gasteiger partial charge is 0.193 e. The average Bonchev–Trinajstić information content (AvgIpc) is 3.15. The Morgan fingerprint density at radius 2 is 2.29 bits per heavy atom. The van der Waals surface area contributed by atoms with Gasteiger partial charge in [-0.25, -0.2) is 0 Å². The summed E-state index contributed by atoms with van der Waals surface area (Å²) in [6, 6.07) is 0. The monoisotopic (exact) mass is 299 g/mol. The zero-order chi connectivity index (χ0) is 14.9. The zero-order valence-electron chi connectivity index (χ0n) is 13.3. The Morgan fingerprint density at radius 1 is 1.38 bits per heavy atom. The Balaban J connectivity index is 1.57. The van der Waals surface area contributed by atoms with Gasteiger partial charge in [-0.3, -0.25) is 4.99 Å². The molecule has 0 bridgehead atoms. The van der Waals surface area contributed by atoms with Gasteiger partial charge < -0.3 is 24.4 Å². The lowest BCUT2D eigenvalue weighted by atomic mass is 10.1. The fourth-order valence-corrected chi connectivity index (χ4v) is 2.95. The summed E-state index contributed by atoms with van der Waals surface area (Å²) in [5, 5.41) is 3.37. The summed E-state index contributed by atoms with van der Waals surface area (Å²) in [7, 11) is 3.60. The minimum Gasteiger partial charge on any atom is -0.384 e. The van der Waals surface area contributed by atoms with E-state index in [4.69, 9.17) is 14.2 Å². The van der Waals surface area contributed by atoms with Crippen LogP contribution >= 0.6 is 0 Å². The van der Waals surface area contributed by atoms with Crippen molar-refractivity contribution in [2.24, 2.45) is 10.9 Å². The molecule has 0 aliphatic carbocycles. The number of rotatable bonds is 7. The molecule has 2 unspecified atom stereocenters. The molecule has 2 saturated heterocycles. The van der Waals surface area contributed by atoms with Crippen LogP contribution < -0.4 is 5.32 Å². The summed E-state index contributed by atoms with van der Waals surface area (Å²) in [5.74, 6) is 1.58. The quantitative estimate of drug-likeness (QED) is 0.427. The van der Waals surface area contributed by atoms with E-state index >= 15 is 0 Å². The van der Waals surface area contributed by atoms with Crippen LogP contribution in [0.25, 0.3) is 0 Å². The van der Waals surface area contributed by atoms with Gasteiger partial charge in [0.05, 0.1) is 25.9 Å². The van der Waals surface area contributed by atoms with Crippen molar-refractivity contribution in [3.63, 3.8) is 0 Å². The first-order valence-electron chi connectivity index (χ1n) is 7.97. The van der Waals surface area contributed by atoms with Crippen LogP contribution in [0.15, 0.2) is 4.99 Å². The number of likely N-dealkylation sites (tertiary alicyclic amines) is 1. The first-order valence-corrected chi connectivity index (χ1v) is 7.97. The van der Waals surface area contributed by atoms with E-state index in [2.05, 4.69) is 15.2 Å². The number of aliphatic imine (C=N–C) groups is 1. The lowest BCUT2D eigenvalue weighted by Gasteiger charge is -2.21. The van der Waals surface area contributed by atoms with Crippen LogP contribution in [0.3, 0.4) is 0 Å². The molecule has 0 aromatic heterocycles. The third kappa shape index (κ3) is 5.45. The molecule has 2 heterocycles. The highest BCUT2D eigenvalue weighted by atomic mass is 16.5. The molecule has 0 radical (unpaired) electrons. The summed E-state index contributed by atoms with van der Waals surface area (Å²) in [6.07, 6.45) is 3.77. The van der Waals surface area contributed by atoms with Gasteiger partial charge in [-0.1, -0.05) is 0 Å². The average molecular weight is 299 g/mol. The Hall–Kier alpha value is -0.850. The molecule has 2 aliphatic heterocycles. The van der Waals surface area contributed by atoms with Crippen LogP contribution in [0.5, 0.6) is 0 Å². The Morgan fingerprint density at radius 3 is 3.00 bits per heavy atom. The first-order chi connectivity index (χ1) is 10.3. The maximum absolute atomic E-state index is 5.65. The Labute approximate surface area is 127 Å². The molecule has 0 amide bonds. The predicted octanol–water partition coefficient (Wildman–Crippen LogP) is 0.726. The third-order valence-electron chi connectivity index (χ3n) is 4.06. The van der Waals surface area contributed by atoms with Crippen molar-refractivity contribution in [3.05, 3.63) is 0 Å². The molecule has 0 aromatic carbocycles. The molecule has 122 valence electrons. The standard InChI is InChI=1S/C15H29N3O3/c1-16-15(18-7-5-13(10-18)11-19-2)17-6-9-20-12-14-4-3-8-21-14/h13-14H,3-12H2,1-2H3,(H,16,17). The van der Waals surface area contributed by atoms with Crippen molar-refractivity contribution in [3.8, 4) is 0 Å². The molecule has 1 N–H and O–H groups in total.